The van der Waals surface area contributed by atoms with Crippen molar-refractivity contribution in [2.75, 3.05) is 32.9 Å². The number of benzene rings is 1. The summed E-state index contributed by atoms with van der Waals surface area (Å²) in [5, 5.41) is 2.93. The van der Waals surface area contributed by atoms with Crippen LogP contribution in [0.4, 0.5) is 10.1 Å². The predicted octanol–water partition coefficient (Wildman–Crippen LogP) is 0.699. The Hall–Kier alpha value is -1.62. The summed E-state index contributed by atoms with van der Waals surface area (Å²) < 4.78 is 13.0. The minimum absolute atomic E-state index is 0.207. The SMILES string of the molecule is CNCCN(C)C(=O)c1cc(F)ccc1N. The number of carbonyl (C=O) groups excluding carboxylic acids is 1. The number of hydrogen-bond donors (Lipinski definition) is 2. The van der Waals surface area contributed by atoms with Gasteiger partial charge in [-0.1, -0.05) is 0 Å². The highest BCUT2D eigenvalue weighted by molar-refractivity contribution is 5.98. The van der Waals surface area contributed by atoms with E-state index in [0.717, 1.165) is 6.07 Å². The zero-order valence-corrected chi connectivity index (χ0v) is 9.46. The maximum atomic E-state index is 13.0. The summed E-state index contributed by atoms with van der Waals surface area (Å²) in [6, 6.07) is 3.79. The quantitative estimate of drug-likeness (QED) is 0.742. The number of carbonyl (C=O) groups is 1. The second-order valence-corrected chi connectivity index (χ2v) is 3.56. The van der Waals surface area contributed by atoms with Crippen molar-refractivity contribution in [3.05, 3.63) is 29.6 Å². The topological polar surface area (TPSA) is 58.4 Å². The monoisotopic (exact) mass is 225 g/mol. The predicted molar refractivity (Wildman–Crippen MR) is 61.7 cm³/mol. The molecule has 3 N–H and O–H groups in total. The molecule has 5 heteroatoms. The average Bonchev–Trinajstić information content (AvgIpc) is 2.28. The van der Waals surface area contributed by atoms with E-state index in [-0.39, 0.29) is 11.5 Å². The first-order valence-corrected chi connectivity index (χ1v) is 5.01. The van der Waals surface area contributed by atoms with E-state index in [1.165, 1.54) is 17.0 Å². The molecule has 16 heavy (non-hydrogen) atoms. The van der Waals surface area contributed by atoms with Crippen LogP contribution in [0.2, 0.25) is 0 Å². The van der Waals surface area contributed by atoms with Crippen molar-refractivity contribution in [3.8, 4) is 0 Å². The molecule has 0 radical (unpaired) electrons. The molecule has 0 heterocycles. The van der Waals surface area contributed by atoms with Gasteiger partial charge in [0, 0.05) is 25.8 Å². The largest absolute Gasteiger partial charge is 0.398 e. The molecule has 0 saturated carbocycles. The molecule has 1 aromatic rings. The summed E-state index contributed by atoms with van der Waals surface area (Å²) in [6.45, 7) is 1.22. The van der Waals surface area contributed by atoms with Crippen LogP contribution in [0.3, 0.4) is 0 Å². The fraction of sp³-hybridized carbons (Fsp3) is 0.364. The number of halogens is 1. The third-order valence-electron chi connectivity index (χ3n) is 2.29. The van der Waals surface area contributed by atoms with Crippen LogP contribution in [0.1, 0.15) is 10.4 Å². The molecule has 0 aliphatic rings. The second-order valence-electron chi connectivity index (χ2n) is 3.56. The molecule has 0 aromatic heterocycles. The number of likely N-dealkylation sites (N-methyl/N-ethyl adjacent to an activating group) is 2. The lowest BCUT2D eigenvalue weighted by Gasteiger charge is -2.17. The first-order chi connectivity index (χ1) is 7.56. The van der Waals surface area contributed by atoms with Crippen LogP contribution in [0.5, 0.6) is 0 Å². The van der Waals surface area contributed by atoms with Gasteiger partial charge in [0.15, 0.2) is 0 Å². The van der Waals surface area contributed by atoms with Crippen molar-refractivity contribution in [3.63, 3.8) is 0 Å². The van der Waals surface area contributed by atoms with Gasteiger partial charge in [-0.05, 0) is 25.2 Å². The van der Waals surface area contributed by atoms with Crippen molar-refractivity contribution in [2.45, 2.75) is 0 Å². The van der Waals surface area contributed by atoms with Crippen LogP contribution in [0.15, 0.2) is 18.2 Å². The summed E-state index contributed by atoms with van der Waals surface area (Å²) in [6.07, 6.45) is 0. The van der Waals surface area contributed by atoms with E-state index >= 15 is 0 Å². The van der Waals surface area contributed by atoms with Crippen LogP contribution in [-0.4, -0.2) is 38.0 Å². The molecule has 0 spiro atoms. The van der Waals surface area contributed by atoms with Crippen LogP contribution < -0.4 is 11.1 Å². The van der Waals surface area contributed by atoms with Crippen LogP contribution in [0.25, 0.3) is 0 Å². The molecule has 4 nitrogen and oxygen atoms in total. The number of amides is 1. The van der Waals surface area contributed by atoms with Gasteiger partial charge in [-0.2, -0.15) is 0 Å². The average molecular weight is 225 g/mol. The van der Waals surface area contributed by atoms with Crippen LogP contribution >= 0.6 is 0 Å². The summed E-state index contributed by atoms with van der Waals surface area (Å²) in [4.78, 5) is 13.4. The Kier molecular flexibility index (Phi) is 4.25. The van der Waals surface area contributed by atoms with E-state index in [9.17, 15) is 9.18 Å². The number of nitrogens with zero attached hydrogens (tertiary/aromatic N) is 1. The van der Waals surface area contributed by atoms with E-state index in [4.69, 9.17) is 5.73 Å². The van der Waals surface area contributed by atoms with Gasteiger partial charge in [-0.15, -0.1) is 0 Å². The van der Waals surface area contributed by atoms with Crippen molar-refractivity contribution < 1.29 is 9.18 Å². The molecular weight excluding hydrogens is 209 g/mol. The molecule has 0 aliphatic carbocycles. The Morgan fingerprint density at radius 1 is 1.56 bits per heavy atom. The minimum atomic E-state index is -0.459. The summed E-state index contributed by atoms with van der Waals surface area (Å²) in [7, 11) is 3.46. The molecule has 0 atom stereocenters. The Morgan fingerprint density at radius 3 is 2.88 bits per heavy atom. The van der Waals surface area contributed by atoms with Gasteiger partial charge < -0.3 is 16.0 Å². The number of rotatable bonds is 4. The lowest BCUT2D eigenvalue weighted by atomic mass is 10.1. The van der Waals surface area contributed by atoms with E-state index in [1.54, 1.807) is 14.1 Å². The highest BCUT2D eigenvalue weighted by Crippen LogP contribution is 2.15. The molecule has 0 unspecified atom stereocenters. The van der Waals surface area contributed by atoms with Crippen LogP contribution in [0, 0.1) is 5.82 Å². The number of anilines is 1. The third-order valence-corrected chi connectivity index (χ3v) is 2.29. The number of hydrogen-bond acceptors (Lipinski definition) is 3. The molecule has 0 aliphatic heterocycles. The van der Waals surface area contributed by atoms with Gasteiger partial charge in [0.25, 0.3) is 5.91 Å². The minimum Gasteiger partial charge on any atom is -0.398 e. The number of nitrogen functional groups attached to an aromatic ring is 1. The molecule has 88 valence electrons. The lowest BCUT2D eigenvalue weighted by molar-refractivity contribution is 0.0797. The molecular formula is C11H16FN3O. The molecule has 0 bridgehead atoms. The van der Waals surface area contributed by atoms with Gasteiger partial charge in [0.2, 0.25) is 0 Å². The van der Waals surface area contributed by atoms with Crippen molar-refractivity contribution >= 4 is 11.6 Å². The summed E-state index contributed by atoms with van der Waals surface area (Å²) in [5.74, 6) is -0.730. The normalized spacial score (nSPS) is 10.2. The smallest absolute Gasteiger partial charge is 0.255 e. The van der Waals surface area contributed by atoms with Gasteiger partial charge in [-0.25, -0.2) is 4.39 Å². The fourth-order valence-corrected chi connectivity index (χ4v) is 1.30. The second kappa shape index (κ2) is 5.46. The Morgan fingerprint density at radius 2 is 2.25 bits per heavy atom. The number of nitrogens with two attached hydrogens (primary N) is 1. The molecule has 0 saturated heterocycles. The highest BCUT2D eigenvalue weighted by Gasteiger charge is 2.14. The van der Waals surface area contributed by atoms with Gasteiger partial charge in [0.05, 0.1) is 5.56 Å². The first-order valence-electron chi connectivity index (χ1n) is 5.01. The lowest BCUT2D eigenvalue weighted by Crippen LogP contribution is -2.33. The summed E-state index contributed by atoms with van der Waals surface area (Å²) >= 11 is 0. The molecule has 1 amide bonds. The Labute approximate surface area is 94.2 Å². The van der Waals surface area contributed by atoms with E-state index in [2.05, 4.69) is 5.32 Å². The van der Waals surface area contributed by atoms with E-state index in [1.807, 2.05) is 0 Å². The molecule has 1 rings (SSSR count). The zero-order valence-electron chi connectivity index (χ0n) is 9.46. The van der Waals surface area contributed by atoms with Gasteiger partial charge >= 0.3 is 0 Å². The van der Waals surface area contributed by atoms with Crippen molar-refractivity contribution in [1.29, 1.82) is 0 Å². The van der Waals surface area contributed by atoms with Crippen molar-refractivity contribution in [2.24, 2.45) is 0 Å². The number of nitrogens with one attached hydrogen (secondary N) is 1. The Balaban J connectivity index is 2.83. The maximum Gasteiger partial charge on any atom is 0.255 e. The molecule has 1 aromatic carbocycles. The first kappa shape index (κ1) is 12.4. The standard InChI is InChI=1S/C11H16FN3O/c1-14-5-6-15(2)11(16)9-7-8(12)3-4-10(9)13/h3-4,7,14H,5-6,13H2,1-2H3. The van der Waals surface area contributed by atoms with Gasteiger partial charge in [0.1, 0.15) is 5.82 Å². The zero-order chi connectivity index (χ0) is 12.1. The Bertz CT molecular complexity index is 381. The molecule has 0 fully saturated rings. The highest BCUT2D eigenvalue weighted by atomic mass is 19.1. The van der Waals surface area contributed by atoms with Crippen LogP contribution in [-0.2, 0) is 0 Å². The van der Waals surface area contributed by atoms with Crippen molar-refractivity contribution in [1.82, 2.24) is 10.2 Å². The summed E-state index contributed by atoms with van der Waals surface area (Å²) in [5.41, 5.74) is 6.13. The van der Waals surface area contributed by atoms with E-state index in [0.29, 0.717) is 18.8 Å². The third kappa shape index (κ3) is 2.93. The maximum absolute atomic E-state index is 13.0. The van der Waals surface area contributed by atoms with Gasteiger partial charge in [-0.3, -0.25) is 4.79 Å². The fourth-order valence-electron chi connectivity index (χ4n) is 1.30. The van der Waals surface area contributed by atoms with E-state index < -0.39 is 5.82 Å².